The van der Waals surface area contributed by atoms with Gasteiger partial charge in [-0.3, -0.25) is 9.59 Å². The van der Waals surface area contributed by atoms with E-state index in [0.717, 1.165) is 18.4 Å². The van der Waals surface area contributed by atoms with Gasteiger partial charge in [-0.1, -0.05) is 11.2 Å². The third-order valence-electron chi connectivity index (χ3n) is 8.49. The van der Waals surface area contributed by atoms with E-state index >= 15 is 0 Å². The minimum absolute atomic E-state index is 0.0398. The van der Waals surface area contributed by atoms with Crippen LogP contribution in [-0.4, -0.2) is 44.2 Å². The third-order valence-corrected chi connectivity index (χ3v) is 8.49. The van der Waals surface area contributed by atoms with Crippen molar-refractivity contribution in [2.75, 3.05) is 0 Å². The Morgan fingerprint density at radius 3 is 2.46 bits per heavy atom. The summed E-state index contributed by atoms with van der Waals surface area (Å²) >= 11 is 0. The second-order valence-electron chi connectivity index (χ2n) is 11.8. The molecule has 41 heavy (non-hydrogen) atoms. The lowest BCUT2D eigenvalue weighted by atomic mass is 9.79. The van der Waals surface area contributed by atoms with Crippen molar-refractivity contribution in [1.29, 1.82) is 0 Å². The summed E-state index contributed by atoms with van der Waals surface area (Å²) in [6, 6.07) is 3.87. The first-order valence-corrected chi connectivity index (χ1v) is 13.7. The fourth-order valence-corrected chi connectivity index (χ4v) is 5.76. The summed E-state index contributed by atoms with van der Waals surface area (Å²) in [4.78, 5) is 33.1. The zero-order valence-electron chi connectivity index (χ0n) is 22.2. The van der Waals surface area contributed by atoms with Crippen LogP contribution in [-0.2, 0) is 4.79 Å². The van der Waals surface area contributed by atoms with Crippen LogP contribution >= 0.6 is 0 Å². The van der Waals surface area contributed by atoms with E-state index in [2.05, 4.69) is 35.5 Å². The van der Waals surface area contributed by atoms with Gasteiger partial charge in [0, 0.05) is 19.3 Å². The largest absolute Gasteiger partial charge is 0.394 e. The monoisotopic (exact) mass is 580 g/mol. The number of benzene rings is 1. The van der Waals surface area contributed by atoms with Crippen LogP contribution in [0.1, 0.15) is 91.0 Å². The fraction of sp³-hybridized carbons (Fsp3) is 0.593. The number of H-pyrrole nitrogens is 1. The number of carbonyl (C=O) groups is 2. The molecular formula is C27H29F5N6O3. The molecule has 2 unspecified atom stereocenters. The zero-order chi connectivity index (χ0) is 29.2. The Morgan fingerprint density at radius 2 is 1.88 bits per heavy atom. The lowest BCUT2D eigenvalue weighted by molar-refractivity contribution is -0.190. The van der Waals surface area contributed by atoms with Gasteiger partial charge in [-0.25, -0.2) is 18.4 Å². The highest BCUT2D eigenvalue weighted by atomic mass is 19.4. The van der Waals surface area contributed by atoms with Gasteiger partial charge in [-0.15, -0.1) is 0 Å². The molecule has 0 saturated heterocycles. The van der Waals surface area contributed by atoms with Crippen molar-refractivity contribution in [2.45, 2.75) is 82.5 Å². The Morgan fingerprint density at radius 1 is 1.15 bits per heavy atom. The number of carbonyl (C=O) groups excluding carboxylic acids is 2. The minimum atomic E-state index is -4.44. The van der Waals surface area contributed by atoms with Crippen LogP contribution in [0.3, 0.4) is 0 Å². The number of imidazole rings is 1. The van der Waals surface area contributed by atoms with Crippen LogP contribution in [0.5, 0.6) is 0 Å². The van der Waals surface area contributed by atoms with E-state index in [1.54, 1.807) is 18.2 Å². The van der Waals surface area contributed by atoms with Gasteiger partial charge in [-0.05, 0) is 73.7 Å². The third kappa shape index (κ3) is 5.65. The molecule has 0 radical (unpaired) electrons. The van der Waals surface area contributed by atoms with Crippen LogP contribution in [0, 0.1) is 24.2 Å². The molecule has 3 fully saturated rings. The van der Waals surface area contributed by atoms with E-state index < -0.39 is 35.9 Å². The van der Waals surface area contributed by atoms with Gasteiger partial charge in [0.1, 0.15) is 11.5 Å². The molecule has 3 N–H and O–H groups in total. The number of amides is 2. The number of fused-ring (bicyclic) bond motifs is 1. The molecule has 14 heteroatoms. The number of nitrogens with zero attached hydrogens (tertiary/aromatic N) is 3. The summed E-state index contributed by atoms with van der Waals surface area (Å²) in [5.74, 6) is -3.67. The van der Waals surface area contributed by atoms with Crippen molar-refractivity contribution in [2.24, 2.45) is 17.3 Å². The quantitative estimate of drug-likeness (QED) is 0.274. The molecule has 2 aromatic heterocycles. The molecule has 3 aromatic rings. The molecule has 2 heterocycles. The molecule has 2 amide bonds. The molecule has 0 spiro atoms. The molecule has 3 saturated carbocycles. The molecule has 2 atom stereocenters. The number of aromatic amines is 1. The molecule has 220 valence electrons. The lowest BCUT2D eigenvalue weighted by Gasteiger charge is -2.34. The molecule has 0 aliphatic heterocycles. The first kappa shape index (κ1) is 27.6. The van der Waals surface area contributed by atoms with Crippen molar-refractivity contribution in [3.8, 4) is 0 Å². The van der Waals surface area contributed by atoms with Crippen molar-refractivity contribution in [3.05, 3.63) is 41.0 Å². The van der Waals surface area contributed by atoms with Crippen LogP contribution in [0.2, 0.25) is 0 Å². The van der Waals surface area contributed by atoms with Gasteiger partial charge < -0.3 is 15.6 Å². The molecule has 3 aliphatic rings. The molecule has 6 rings (SSSR count). The van der Waals surface area contributed by atoms with Crippen LogP contribution in [0.4, 0.5) is 22.0 Å². The summed E-state index contributed by atoms with van der Waals surface area (Å²) < 4.78 is 72.6. The second kappa shape index (κ2) is 9.76. The molecular weight excluding hydrogens is 551 g/mol. The Hall–Kier alpha value is -3.58. The smallest absolute Gasteiger partial charge is 0.349 e. The van der Waals surface area contributed by atoms with Gasteiger partial charge in [0.2, 0.25) is 11.8 Å². The zero-order valence-corrected chi connectivity index (χ0v) is 22.2. The number of aryl methyl sites for hydroxylation is 1. The first-order valence-electron chi connectivity index (χ1n) is 13.7. The van der Waals surface area contributed by atoms with E-state index in [4.69, 9.17) is 0 Å². The minimum Gasteiger partial charge on any atom is -0.349 e. The maximum Gasteiger partial charge on any atom is 0.394 e. The predicted molar refractivity (Wildman–Crippen MR) is 134 cm³/mol. The fourth-order valence-electron chi connectivity index (χ4n) is 5.76. The van der Waals surface area contributed by atoms with Crippen molar-refractivity contribution in [1.82, 2.24) is 30.9 Å². The van der Waals surface area contributed by atoms with E-state index in [0.29, 0.717) is 11.0 Å². The van der Waals surface area contributed by atoms with E-state index in [1.807, 2.05) is 0 Å². The van der Waals surface area contributed by atoms with Crippen LogP contribution < -0.4 is 10.6 Å². The average Bonchev–Trinajstić information content (AvgIpc) is 3.78. The number of aromatic nitrogens is 4. The Labute approximate surface area is 231 Å². The summed E-state index contributed by atoms with van der Waals surface area (Å²) in [5.41, 5.74) is -0.0483. The number of hydrogen-bond donors (Lipinski definition) is 3. The van der Waals surface area contributed by atoms with Crippen molar-refractivity contribution >= 4 is 22.8 Å². The summed E-state index contributed by atoms with van der Waals surface area (Å²) in [6.45, 7) is 1.50. The van der Waals surface area contributed by atoms with E-state index in [9.17, 15) is 31.5 Å². The maximum absolute atomic E-state index is 13.9. The normalized spacial score (nSPS) is 21.2. The molecule has 0 bridgehead atoms. The Bertz CT molecular complexity index is 1470. The average molecular weight is 581 g/mol. The lowest BCUT2D eigenvalue weighted by Crippen LogP contribution is -2.39. The summed E-state index contributed by atoms with van der Waals surface area (Å²) in [7, 11) is 0. The standard InChI is InChI=1S/C27H29F5N6O3/c1-13-21(38-41-37-13)24(40)35-19(12-25(6-7-25)27(30,31)32)23-33-17-5-4-16(9-18(17)34-23)22(15-2-3-15)36-20(39)8-14-10-26(28,29)11-14/h4-5,9,14-15,19,22H,2-3,6-8,10-12H2,1H3,(H,33,34)(H,35,40)(H,36,39). The number of alkyl halides is 5. The SMILES string of the molecule is Cc1nonc1C(=O)NC(CC1(C(F)(F)F)CC1)c1nc2ccc(C(NC(=O)CC3CC(F)(F)C3)C3CC3)cc2[nH]1. The van der Waals surface area contributed by atoms with E-state index in [1.165, 1.54) is 6.92 Å². The molecule has 3 aliphatic carbocycles. The highest BCUT2D eigenvalue weighted by Crippen LogP contribution is 2.61. The van der Waals surface area contributed by atoms with Gasteiger partial charge in [0.25, 0.3) is 5.91 Å². The van der Waals surface area contributed by atoms with Gasteiger partial charge in [-0.2, -0.15) is 13.2 Å². The maximum atomic E-state index is 13.9. The van der Waals surface area contributed by atoms with Gasteiger partial charge in [0.05, 0.1) is 28.5 Å². The number of nitrogens with one attached hydrogen (secondary N) is 3. The first-order chi connectivity index (χ1) is 19.3. The predicted octanol–water partition coefficient (Wildman–Crippen LogP) is 5.46. The highest BCUT2D eigenvalue weighted by Gasteiger charge is 2.63. The van der Waals surface area contributed by atoms with E-state index in [-0.39, 0.29) is 73.1 Å². The molecule has 9 nitrogen and oxygen atoms in total. The Balaban J connectivity index is 1.23. The number of hydrogen-bond acceptors (Lipinski definition) is 6. The van der Waals surface area contributed by atoms with Crippen molar-refractivity contribution in [3.63, 3.8) is 0 Å². The summed E-state index contributed by atoms with van der Waals surface area (Å²) in [5, 5.41) is 12.7. The summed E-state index contributed by atoms with van der Waals surface area (Å²) in [6.07, 6.45) is -3.64. The molecule has 1 aromatic carbocycles. The van der Waals surface area contributed by atoms with Gasteiger partial charge >= 0.3 is 6.18 Å². The van der Waals surface area contributed by atoms with Gasteiger partial charge in [0.15, 0.2) is 5.69 Å². The second-order valence-corrected chi connectivity index (χ2v) is 11.8. The van der Waals surface area contributed by atoms with Crippen LogP contribution in [0.15, 0.2) is 22.8 Å². The number of halogens is 5. The Kier molecular flexibility index (Phi) is 6.57. The van der Waals surface area contributed by atoms with Crippen molar-refractivity contribution < 1.29 is 36.2 Å². The topological polar surface area (TPSA) is 126 Å². The number of rotatable bonds is 10. The van der Waals surface area contributed by atoms with Crippen LogP contribution in [0.25, 0.3) is 11.0 Å². The highest BCUT2D eigenvalue weighted by molar-refractivity contribution is 5.93.